The number of benzene rings is 1. The van der Waals surface area contributed by atoms with Crippen molar-refractivity contribution in [3.8, 4) is 0 Å². The van der Waals surface area contributed by atoms with Crippen molar-refractivity contribution in [2.45, 2.75) is 39.1 Å². The Labute approximate surface area is 161 Å². The van der Waals surface area contributed by atoms with Gasteiger partial charge in [-0.15, -0.1) is 0 Å². The van der Waals surface area contributed by atoms with Gasteiger partial charge in [0.05, 0.1) is 11.7 Å². The molecule has 0 bridgehead atoms. The van der Waals surface area contributed by atoms with E-state index in [1.165, 1.54) is 32.2 Å². The summed E-state index contributed by atoms with van der Waals surface area (Å²) >= 11 is 0. The van der Waals surface area contributed by atoms with Crippen LogP contribution in [0.1, 0.15) is 29.8 Å². The first kappa shape index (κ1) is 21.0. The number of carbonyl (C=O) groups is 3. The molecule has 2 N–H and O–H groups in total. The van der Waals surface area contributed by atoms with E-state index in [2.05, 4.69) is 5.32 Å². The lowest BCUT2D eigenvalue weighted by Crippen LogP contribution is -2.50. The largest absolute Gasteiger partial charge is 0.459 e. The lowest BCUT2D eigenvalue weighted by molar-refractivity contribution is -0.152. The van der Waals surface area contributed by atoms with E-state index in [-0.39, 0.29) is 12.2 Å². The van der Waals surface area contributed by atoms with Crippen molar-refractivity contribution < 1.29 is 24.2 Å². The molecular formula is C20H22N2O6. The SMILES string of the molecule is CC(=O)c1cccn(CC(=O)N[C@H](C(=O)OCc2ccccc2)[C@@H](C)O)c1=O. The number of aromatic nitrogens is 1. The molecule has 0 saturated carbocycles. The highest BCUT2D eigenvalue weighted by Gasteiger charge is 2.27. The van der Waals surface area contributed by atoms with Crippen molar-refractivity contribution in [1.29, 1.82) is 0 Å². The number of nitrogens with one attached hydrogen (secondary N) is 1. The minimum Gasteiger partial charge on any atom is -0.459 e. The number of aliphatic hydroxyl groups is 1. The van der Waals surface area contributed by atoms with Crippen molar-refractivity contribution in [3.05, 3.63) is 70.1 Å². The summed E-state index contributed by atoms with van der Waals surface area (Å²) in [4.78, 5) is 48.1. The van der Waals surface area contributed by atoms with E-state index in [9.17, 15) is 24.3 Å². The van der Waals surface area contributed by atoms with Crippen LogP contribution in [0.4, 0.5) is 0 Å². The van der Waals surface area contributed by atoms with Gasteiger partial charge in [0, 0.05) is 6.20 Å². The molecule has 2 atom stereocenters. The molecule has 8 nitrogen and oxygen atoms in total. The van der Waals surface area contributed by atoms with Crippen LogP contribution < -0.4 is 10.9 Å². The highest BCUT2D eigenvalue weighted by atomic mass is 16.5. The zero-order valence-corrected chi connectivity index (χ0v) is 15.6. The molecule has 0 aliphatic rings. The normalized spacial score (nSPS) is 12.7. The number of rotatable bonds is 8. The molecule has 0 radical (unpaired) electrons. The monoisotopic (exact) mass is 386 g/mol. The summed E-state index contributed by atoms with van der Waals surface area (Å²) in [6.07, 6.45) is 0.159. The highest BCUT2D eigenvalue weighted by Crippen LogP contribution is 2.04. The minimum atomic E-state index is -1.29. The second-order valence-electron chi connectivity index (χ2n) is 6.29. The first-order valence-electron chi connectivity index (χ1n) is 8.68. The third kappa shape index (κ3) is 5.62. The standard InChI is InChI=1S/C20H22N2O6/c1-13(23)16-9-6-10-22(19(16)26)11-17(25)21-18(14(2)24)20(27)28-12-15-7-4-3-5-8-15/h3-10,14,18,24H,11-12H2,1-2H3,(H,21,25)/t14-,18+/m1/s1. The quantitative estimate of drug-likeness (QED) is 0.509. The van der Waals surface area contributed by atoms with Gasteiger partial charge in [-0.05, 0) is 31.5 Å². The average molecular weight is 386 g/mol. The van der Waals surface area contributed by atoms with Crippen molar-refractivity contribution in [1.82, 2.24) is 9.88 Å². The van der Waals surface area contributed by atoms with Crippen LogP contribution in [0.2, 0.25) is 0 Å². The minimum absolute atomic E-state index is 0.00111. The van der Waals surface area contributed by atoms with Crippen molar-refractivity contribution in [2.24, 2.45) is 0 Å². The number of amides is 1. The molecule has 0 fully saturated rings. The van der Waals surface area contributed by atoms with Crippen LogP contribution in [0.3, 0.4) is 0 Å². The fraction of sp³-hybridized carbons (Fsp3) is 0.300. The van der Waals surface area contributed by atoms with Crippen LogP contribution in [-0.2, 0) is 27.5 Å². The summed E-state index contributed by atoms with van der Waals surface area (Å²) in [5.74, 6) is -1.88. The summed E-state index contributed by atoms with van der Waals surface area (Å²) in [6.45, 7) is 2.19. The Morgan fingerprint density at radius 3 is 2.43 bits per heavy atom. The molecule has 28 heavy (non-hydrogen) atoms. The number of ketones is 1. The van der Waals surface area contributed by atoms with E-state index >= 15 is 0 Å². The van der Waals surface area contributed by atoms with Crippen molar-refractivity contribution >= 4 is 17.7 Å². The third-order valence-corrected chi connectivity index (χ3v) is 3.99. The Hall–Kier alpha value is -3.26. The van der Waals surface area contributed by atoms with E-state index in [0.717, 1.165) is 10.1 Å². The van der Waals surface area contributed by atoms with Crippen LogP contribution in [0, 0.1) is 0 Å². The van der Waals surface area contributed by atoms with Gasteiger partial charge in [-0.1, -0.05) is 30.3 Å². The fourth-order valence-corrected chi connectivity index (χ4v) is 2.50. The summed E-state index contributed by atoms with van der Waals surface area (Å²) in [5, 5.41) is 12.2. The Balaban J connectivity index is 2.02. The molecule has 0 aliphatic carbocycles. The number of aliphatic hydroxyl groups excluding tert-OH is 1. The van der Waals surface area contributed by atoms with E-state index in [4.69, 9.17) is 4.74 Å². The molecule has 1 amide bonds. The Morgan fingerprint density at radius 1 is 1.14 bits per heavy atom. The Kier molecular flexibility index (Phi) is 7.22. The zero-order valence-electron chi connectivity index (χ0n) is 15.6. The first-order chi connectivity index (χ1) is 13.3. The number of carbonyl (C=O) groups excluding carboxylic acids is 3. The first-order valence-corrected chi connectivity index (χ1v) is 8.68. The van der Waals surface area contributed by atoms with E-state index < -0.39 is 41.9 Å². The summed E-state index contributed by atoms with van der Waals surface area (Å²) in [5.41, 5.74) is 0.120. The molecule has 2 aromatic rings. The molecule has 0 saturated heterocycles. The summed E-state index contributed by atoms with van der Waals surface area (Å²) in [6, 6.07) is 10.5. The topological polar surface area (TPSA) is 115 Å². The number of ether oxygens (including phenoxy) is 1. The maximum atomic E-state index is 12.3. The summed E-state index contributed by atoms with van der Waals surface area (Å²) < 4.78 is 6.21. The molecule has 0 aliphatic heterocycles. The molecule has 148 valence electrons. The predicted molar refractivity (Wildman–Crippen MR) is 101 cm³/mol. The number of esters is 1. The van der Waals surface area contributed by atoms with Gasteiger partial charge in [-0.25, -0.2) is 4.79 Å². The maximum absolute atomic E-state index is 12.3. The Morgan fingerprint density at radius 2 is 1.82 bits per heavy atom. The van der Waals surface area contributed by atoms with E-state index in [1.807, 2.05) is 6.07 Å². The molecule has 0 spiro atoms. The van der Waals surface area contributed by atoms with Crippen LogP contribution in [-0.4, -0.2) is 39.5 Å². The van der Waals surface area contributed by atoms with Gasteiger partial charge in [0.2, 0.25) is 5.91 Å². The second-order valence-corrected chi connectivity index (χ2v) is 6.29. The van der Waals surface area contributed by atoms with Gasteiger partial charge in [-0.2, -0.15) is 0 Å². The van der Waals surface area contributed by atoms with E-state index in [1.54, 1.807) is 24.3 Å². The number of nitrogens with zero attached hydrogens (tertiary/aromatic N) is 1. The molecule has 1 heterocycles. The van der Waals surface area contributed by atoms with Crippen LogP contribution in [0.25, 0.3) is 0 Å². The number of hydrogen-bond donors (Lipinski definition) is 2. The van der Waals surface area contributed by atoms with Crippen LogP contribution in [0.15, 0.2) is 53.5 Å². The molecular weight excluding hydrogens is 364 g/mol. The smallest absolute Gasteiger partial charge is 0.331 e. The van der Waals surface area contributed by atoms with Gasteiger partial charge in [0.25, 0.3) is 5.56 Å². The average Bonchev–Trinajstić information content (AvgIpc) is 2.66. The van der Waals surface area contributed by atoms with Gasteiger partial charge in [0.1, 0.15) is 13.2 Å². The van der Waals surface area contributed by atoms with Crippen molar-refractivity contribution in [3.63, 3.8) is 0 Å². The maximum Gasteiger partial charge on any atom is 0.331 e. The lowest BCUT2D eigenvalue weighted by Gasteiger charge is -2.20. The van der Waals surface area contributed by atoms with Gasteiger partial charge >= 0.3 is 5.97 Å². The molecule has 8 heteroatoms. The Bertz CT molecular complexity index is 904. The molecule has 1 aromatic carbocycles. The third-order valence-electron chi connectivity index (χ3n) is 3.99. The number of hydrogen-bond acceptors (Lipinski definition) is 6. The number of Topliss-reactive ketones (excluding diaryl/α,β-unsaturated/α-hetero) is 1. The van der Waals surface area contributed by atoms with Crippen LogP contribution in [0.5, 0.6) is 0 Å². The predicted octanol–water partition coefficient (Wildman–Crippen LogP) is 0.660. The fourth-order valence-electron chi connectivity index (χ4n) is 2.50. The molecule has 1 aromatic heterocycles. The van der Waals surface area contributed by atoms with Crippen LogP contribution >= 0.6 is 0 Å². The van der Waals surface area contributed by atoms with E-state index in [0.29, 0.717) is 0 Å². The molecule has 0 unspecified atom stereocenters. The zero-order chi connectivity index (χ0) is 20.7. The van der Waals surface area contributed by atoms with Gasteiger partial charge in [0.15, 0.2) is 11.8 Å². The summed E-state index contributed by atoms with van der Waals surface area (Å²) in [7, 11) is 0. The van der Waals surface area contributed by atoms with Gasteiger partial charge < -0.3 is 19.7 Å². The highest BCUT2D eigenvalue weighted by molar-refractivity contribution is 5.93. The van der Waals surface area contributed by atoms with Gasteiger partial charge in [-0.3, -0.25) is 14.4 Å². The second kappa shape index (κ2) is 9.61. The lowest BCUT2D eigenvalue weighted by atomic mass is 10.2. The van der Waals surface area contributed by atoms with Crippen molar-refractivity contribution in [2.75, 3.05) is 0 Å². The number of pyridine rings is 1. The molecule has 2 rings (SSSR count).